The van der Waals surface area contributed by atoms with Gasteiger partial charge in [0.15, 0.2) is 5.82 Å². The molecule has 0 unspecified atom stereocenters. The number of hydrogen-bond acceptors (Lipinski definition) is 5. The van der Waals surface area contributed by atoms with Crippen LogP contribution in [0.2, 0.25) is 0 Å². The van der Waals surface area contributed by atoms with E-state index in [0.29, 0.717) is 18.2 Å². The maximum Gasteiger partial charge on any atom is 0.227 e. The van der Waals surface area contributed by atoms with E-state index in [-0.39, 0.29) is 5.91 Å². The van der Waals surface area contributed by atoms with Crippen molar-refractivity contribution in [1.29, 1.82) is 0 Å². The number of aliphatic imine (C=N–C) groups is 1. The van der Waals surface area contributed by atoms with Gasteiger partial charge in [-0.2, -0.15) is 4.98 Å². The van der Waals surface area contributed by atoms with Gasteiger partial charge in [0, 0.05) is 32.3 Å². The van der Waals surface area contributed by atoms with Crippen LogP contribution in [-0.4, -0.2) is 41.7 Å². The number of hydrogen-bond donors (Lipinski definition) is 0. The molecule has 2 heterocycles. The molecule has 1 aliphatic heterocycles. The van der Waals surface area contributed by atoms with Crippen molar-refractivity contribution in [2.24, 2.45) is 4.99 Å². The van der Waals surface area contributed by atoms with Crippen molar-refractivity contribution in [2.75, 3.05) is 29.4 Å². The second-order valence-corrected chi connectivity index (χ2v) is 5.30. The second kappa shape index (κ2) is 7.87. The van der Waals surface area contributed by atoms with Crippen molar-refractivity contribution in [3.63, 3.8) is 0 Å². The molecule has 120 valence electrons. The fourth-order valence-corrected chi connectivity index (χ4v) is 2.48. The van der Waals surface area contributed by atoms with E-state index in [1.807, 2.05) is 6.21 Å². The van der Waals surface area contributed by atoms with Crippen molar-refractivity contribution in [3.8, 4) is 0 Å². The predicted octanol–water partition coefficient (Wildman–Crippen LogP) is 2.95. The van der Waals surface area contributed by atoms with Crippen molar-refractivity contribution in [1.82, 2.24) is 9.97 Å². The van der Waals surface area contributed by atoms with Crippen LogP contribution in [0.3, 0.4) is 0 Å². The van der Waals surface area contributed by atoms with Gasteiger partial charge in [-0.15, -0.1) is 0 Å². The number of rotatable bonds is 7. The van der Waals surface area contributed by atoms with E-state index in [4.69, 9.17) is 0 Å². The van der Waals surface area contributed by atoms with Crippen LogP contribution in [0.25, 0.3) is 0 Å². The molecule has 1 amide bonds. The first-order valence-corrected chi connectivity index (χ1v) is 8.16. The molecule has 0 bridgehead atoms. The molecule has 0 aliphatic carbocycles. The van der Waals surface area contributed by atoms with Gasteiger partial charge < -0.3 is 9.80 Å². The van der Waals surface area contributed by atoms with Gasteiger partial charge in [-0.1, -0.05) is 13.3 Å². The number of anilines is 2. The topological polar surface area (TPSA) is 61.7 Å². The SMILES string of the molecule is CCCC=Nc1nc(N(CC)CC)ncc1N1CCCC1=O. The van der Waals surface area contributed by atoms with Crippen LogP contribution in [0.5, 0.6) is 0 Å². The second-order valence-electron chi connectivity index (χ2n) is 5.30. The molecule has 2 rings (SSSR count). The minimum Gasteiger partial charge on any atom is -0.341 e. The van der Waals surface area contributed by atoms with E-state index in [9.17, 15) is 4.79 Å². The van der Waals surface area contributed by atoms with Crippen LogP contribution in [0, 0.1) is 0 Å². The maximum absolute atomic E-state index is 12.0. The van der Waals surface area contributed by atoms with Crippen molar-refractivity contribution in [2.45, 2.75) is 46.5 Å². The average molecular weight is 303 g/mol. The van der Waals surface area contributed by atoms with E-state index in [1.54, 1.807) is 11.1 Å². The molecule has 6 nitrogen and oxygen atoms in total. The molecule has 0 atom stereocenters. The van der Waals surface area contributed by atoms with E-state index >= 15 is 0 Å². The van der Waals surface area contributed by atoms with Crippen LogP contribution in [0.4, 0.5) is 17.5 Å². The number of carbonyl (C=O) groups excluding carboxylic acids is 1. The molecule has 0 aromatic carbocycles. The van der Waals surface area contributed by atoms with E-state index in [2.05, 4.69) is 40.6 Å². The number of amides is 1. The molecule has 22 heavy (non-hydrogen) atoms. The zero-order valence-electron chi connectivity index (χ0n) is 13.7. The number of nitrogens with zero attached hydrogens (tertiary/aromatic N) is 5. The minimum absolute atomic E-state index is 0.131. The summed E-state index contributed by atoms with van der Waals surface area (Å²) in [5.74, 6) is 1.40. The number of aromatic nitrogens is 2. The third kappa shape index (κ3) is 3.61. The normalized spacial score (nSPS) is 15.0. The summed E-state index contributed by atoms with van der Waals surface area (Å²) in [6.07, 6.45) is 7.03. The lowest BCUT2D eigenvalue weighted by molar-refractivity contribution is -0.117. The molecular formula is C16H25N5O. The quantitative estimate of drug-likeness (QED) is 0.727. The molecule has 1 aromatic rings. The van der Waals surface area contributed by atoms with E-state index in [1.165, 1.54) is 0 Å². The first kappa shape index (κ1) is 16.4. The monoisotopic (exact) mass is 303 g/mol. The van der Waals surface area contributed by atoms with Gasteiger partial charge in [0.2, 0.25) is 11.9 Å². The number of carbonyl (C=O) groups is 1. The van der Waals surface area contributed by atoms with Gasteiger partial charge in [0.25, 0.3) is 0 Å². The maximum atomic E-state index is 12.0. The highest BCUT2D eigenvalue weighted by Gasteiger charge is 2.25. The van der Waals surface area contributed by atoms with Gasteiger partial charge in [-0.05, 0) is 26.7 Å². The Morgan fingerprint density at radius 3 is 2.73 bits per heavy atom. The molecule has 6 heteroatoms. The minimum atomic E-state index is 0.131. The molecule has 0 radical (unpaired) electrons. The van der Waals surface area contributed by atoms with E-state index < -0.39 is 0 Å². The molecule has 1 aromatic heterocycles. The summed E-state index contributed by atoms with van der Waals surface area (Å²) in [4.78, 5) is 29.3. The molecule has 1 fully saturated rings. The number of unbranched alkanes of at least 4 members (excludes halogenated alkanes) is 1. The highest BCUT2D eigenvalue weighted by atomic mass is 16.2. The Labute approximate surface area is 132 Å². The first-order valence-electron chi connectivity index (χ1n) is 8.16. The van der Waals surface area contributed by atoms with Crippen LogP contribution >= 0.6 is 0 Å². The molecule has 0 spiro atoms. The van der Waals surface area contributed by atoms with Crippen LogP contribution < -0.4 is 9.80 Å². The summed E-state index contributed by atoms with van der Waals surface area (Å²) in [5, 5.41) is 0. The Hall–Kier alpha value is -1.98. The first-order chi connectivity index (χ1) is 10.7. The third-order valence-electron chi connectivity index (χ3n) is 3.78. The molecule has 1 saturated heterocycles. The summed E-state index contributed by atoms with van der Waals surface area (Å²) >= 11 is 0. The predicted molar refractivity (Wildman–Crippen MR) is 90.2 cm³/mol. The van der Waals surface area contributed by atoms with Crippen LogP contribution in [0.1, 0.15) is 46.5 Å². The summed E-state index contributed by atoms with van der Waals surface area (Å²) in [6.45, 7) is 8.67. The Balaban J connectivity index is 2.37. The lowest BCUT2D eigenvalue weighted by Crippen LogP contribution is -2.26. The standard InChI is InChI=1S/C16H25N5O/c1-4-7-10-17-15-13(21-11-8-9-14(21)22)12-18-16(19-15)20(5-2)6-3/h10,12H,4-9,11H2,1-3H3. The van der Waals surface area contributed by atoms with Crippen LogP contribution in [-0.2, 0) is 4.79 Å². The van der Waals surface area contributed by atoms with Crippen molar-refractivity contribution >= 4 is 29.6 Å². The molecule has 0 saturated carbocycles. The molecular weight excluding hydrogens is 278 g/mol. The largest absolute Gasteiger partial charge is 0.341 e. The van der Waals surface area contributed by atoms with Gasteiger partial charge in [0.05, 0.1) is 6.20 Å². The van der Waals surface area contributed by atoms with Crippen molar-refractivity contribution in [3.05, 3.63) is 6.20 Å². The summed E-state index contributed by atoms with van der Waals surface area (Å²) in [6, 6.07) is 0. The fourth-order valence-electron chi connectivity index (χ4n) is 2.48. The fraction of sp³-hybridized carbons (Fsp3) is 0.625. The van der Waals surface area contributed by atoms with Gasteiger partial charge in [-0.3, -0.25) is 4.79 Å². The molecule has 0 N–H and O–H groups in total. The zero-order valence-corrected chi connectivity index (χ0v) is 13.7. The van der Waals surface area contributed by atoms with Gasteiger partial charge in [-0.25, -0.2) is 9.98 Å². The Morgan fingerprint density at radius 2 is 2.14 bits per heavy atom. The summed E-state index contributed by atoms with van der Waals surface area (Å²) < 4.78 is 0. The summed E-state index contributed by atoms with van der Waals surface area (Å²) in [7, 11) is 0. The van der Waals surface area contributed by atoms with Gasteiger partial charge >= 0.3 is 0 Å². The lowest BCUT2D eigenvalue weighted by atomic mass is 10.3. The Bertz CT molecular complexity index is 539. The third-order valence-corrected chi connectivity index (χ3v) is 3.78. The molecule has 1 aliphatic rings. The summed E-state index contributed by atoms with van der Waals surface area (Å²) in [5.41, 5.74) is 0.728. The lowest BCUT2D eigenvalue weighted by Gasteiger charge is -2.21. The Morgan fingerprint density at radius 1 is 1.36 bits per heavy atom. The van der Waals surface area contributed by atoms with Crippen molar-refractivity contribution < 1.29 is 4.79 Å². The average Bonchev–Trinajstić information content (AvgIpc) is 2.95. The Kier molecular flexibility index (Phi) is 5.86. The highest BCUT2D eigenvalue weighted by molar-refractivity contribution is 5.97. The van der Waals surface area contributed by atoms with Crippen LogP contribution in [0.15, 0.2) is 11.2 Å². The zero-order chi connectivity index (χ0) is 15.9. The smallest absolute Gasteiger partial charge is 0.227 e. The highest BCUT2D eigenvalue weighted by Crippen LogP contribution is 2.30. The van der Waals surface area contributed by atoms with Gasteiger partial charge in [0.1, 0.15) is 5.69 Å². The van der Waals surface area contributed by atoms with E-state index in [0.717, 1.165) is 44.6 Å².